The number of thiophene rings is 1. The minimum Gasteiger partial charge on any atom is -0.383 e. The molecule has 0 radical (unpaired) electrons. The van der Waals surface area contributed by atoms with Crippen molar-refractivity contribution in [2.45, 2.75) is 18.9 Å². The van der Waals surface area contributed by atoms with E-state index in [1.807, 2.05) is 71.6 Å². The van der Waals surface area contributed by atoms with Gasteiger partial charge in [0.1, 0.15) is 9.71 Å². The largest absolute Gasteiger partial charge is 0.383 e. The highest BCUT2D eigenvalue weighted by atomic mass is 32.1. The van der Waals surface area contributed by atoms with Gasteiger partial charge in [-0.2, -0.15) is 0 Å². The van der Waals surface area contributed by atoms with E-state index >= 15 is 0 Å². The number of nitrogens with zero attached hydrogens (tertiary/aromatic N) is 2. The summed E-state index contributed by atoms with van der Waals surface area (Å²) < 4.78 is 7.05. The smallest absolute Gasteiger partial charge is 0.266 e. The van der Waals surface area contributed by atoms with Crippen LogP contribution < -0.4 is 10.9 Å². The third-order valence-corrected chi connectivity index (χ3v) is 7.17. The van der Waals surface area contributed by atoms with Gasteiger partial charge < -0.3 is 15.0 Å². The number of pyridine rings is 1. The van der Waals surface area contributed by atoms with Crippen LogP contribution >= 0.6 is 11.3 Å². The molecule has 0 unspecified atom stereocenters. The Morgan fingerprint density at radius 2 is 1.79 bits per heavy atom. The Bertz CT molecular complexity index is 1330. The van der Waals surface area contributed by atoms with E-state index in [0.717, 1.165) is 40.1 Å². The maximum Gasteiger partial charge on any atom is 0.266 e. The van der Waals surface area contributed by atoms with E-state index in [2.05, 4.69) is 5.32 Å². The van der Waals surface area contributed by atoms with E-state index in [9.17, 15) is 9.59 Å². The molecule has 0 spiro atoms. The van der Waals surface area contributed by atoms with Gasteiger partial charge in [0, 0.05) is 30.8 Å². The van der Waals surface area contributed by atoms with E-state index in [1.165, 1.54) is 11.3 Å². The number of nitrogens with one attached hydrogen (secondary N) is 1. The van der Waals surface area contributed by atoms with Crippen LogP contribution in [0.2, 0.25) is 0 Å². The standard InChI is InChI=1S/C26H25N3O3S/c1-32-17-20-13-8-16-28(20)25(31)24-23(27-18-9-4-2-5-10-18)21-14-15-22(30)29(26(21)33-24)19-11-6-3-7-12-19/h2-7,9-12,14-15,20,27H,8,13,16-17H2,1H3/t20-/m0/s1. The molecule has 33 heavy (non-hydrogen) atoms. The van der Waals surface area contributed by atoms with Crippen molar-refractivity contribution >= 4 is 38.8 Å². The topological polar surface area (TPSA) is 63.6 Å². The second-order valence-electron chi connectivity index (χ2n) is 8.11. The van der Waals surface area contributed by atoms with Gasteiger partial charge in [-0.05, 0) is 43.2 Å². The normalized spacial score (nSPS) is 15.8. The molecule has 0 aliphatic carbocycles. The van der Waals surface area contributed by atoms with Crippen LogP contribution in [0.25, 0.3) is 15.9 Å². The molecule has 1 amide bonds. The van der Waals surface area contributed by atoms with E-state index in [4.69, 9.17) is 4.74 Å². The SMILES string of the molecule is COC[C@@H]1CCCN1C(=O)c1sc2c(ccc(=O)n2-c2ccccc2)c1Nc1ccccc1. The number of methoxy groups -OCH3 is 1. The molecule has 1 atom stereocenters. The van der Waals surface area contributed by atoms with Gasteiger partial charge in [-0.15, -0.1) is 11.3 Å². The molecule has 1 fully saturated rings. The number of carbonyl (C=O) groups is 1. The molecule has 3 heterocycles. The molecule has 1 N–H and O–H groups in total. The van der Waals surface area contributed by atoms with Gasteiger partial charge in [0.05, 0.1) is 24.0 Å². The number of carbonyl (C=O) groups excluding carboxylic acids is 1. The van der Waals surface area contributed by atoms with E-state index in [0.29, 0.717) is 18.0 Å². The summed E-state index contributed by atoms with van der Waals surface area (Å²) >= 11 is 1.36. The van der Waals surface area contributed by atoms with Crippen molar-refractivity contribution < 1.29 is 9.53 Å². The van der Waals surface area contributed by atoms with Crippen molar-refractivity contribution in [3.8, 4) is 5.69 Å². The van der Waals surface area contributed by atoms with Crippen LogP contribution in [-0.4, -0.2) is 41.7 Å². The third-order valence-electron chi connectivity index (χ3n) is 5.99. The van der Waals surface area contributed by atoms with Crippen LogP contribution in [0, 0.1) is 0 Å². The molecule has 2 aromatic heterocycles. The van der Waals surface area contributed by atoms with Crippen molar-refractivity contribution in [1.82, 2.24) is 9.47 Å². The average molecular weight is 460 g/mol. The van der Waals surface area contributed by atoms with Crippen LogP contribution in [0.1, 0.15) is 22.5 Å². The summed E-state index contributed by atoms with van der Waals surface area (Å²) in [6.45, 7) is 1.23. The third kappa shape index (κ3) is 4.05. The van der Waals surface area contributed by atoms with Crippen LogP contribution in [-0.2, 0) is 4.74 Å². The molecular weight excluding hydrogens is 434 g/mol. The first-order valence-electron chi connectivity index (χ1n) is 11.0. The first-order valence-corrected chi connectivity index (χ1v) is 11.8. The van der Waals surface area contributed by atoms with Gasteiger partial charge in [0.15, 0.2) is 0 Å². The number of likely N-dealkylation sites (tertiary alicyclic amines) is 1. The maximum absolute atomic E-state index is 13.8. The fraction of sp³-hybridized carbons (Fsp3) is 0.231. The molecule has 1 saturated heterocycles. The van der Waals surface area contributed by atoms with Gasteiger partial charge in [0.2, 0.25) is 0 Å². The van der Waals surface area contributed by atoms with Crippen LogP contribution in [0.5, 0.6) is 0 Å². The number of rotatable bonds is 6. The number of benzene rings is 2. The van der Waals surface area contributed by atoms with E-state index in [1.54, 1.807) is 17.7 Å². The monoisotopic (exact) mass is 459 g/mol. The molecule has 6 nitrogen and oxygen atoms in total. The fourth-order valence-corrected chi connectivity index (χ4v) is 5.67. The summed E-state index contributed by atoms with van der Waals surface area (Å²) in [5.41, 5.74) is 2.27. The lowest BCUT2D eigenvalue weighted by atomic mass is 10.2. The van der Waals surface area contributed by atoms with Crippen LogP contribution in [0.4, 0.5) is 11.4 Å². The average Bonchev–Trinajstić information content (AvgIpc) is 3.45. The quantitative estimate of drug-likeness (QED) is 0.438. The molecule has 1 aliphatic rings. The lowest BCUT2D eigenvalue weighted by Gasteiger charge is -2.24. The lowest BCUT2D eigenvalue weighted by Crippen LogP contribution is -2.37. The Kier molecular flexibility index (Phi) is 5.98. The molecule has 4 aromatic rings. The minimum absolute atomic E-state index is 0.0266. The zero-order valence-electron chi connectivity index (χ0n) is 18.4. The van der Waals surface area contributed by atoms with Gasteiger partial charge in [-0.25, -0.2) is 0 Å². The Morgan fingerprint density at radius 1 is 1.06 bits per heavy atom. The van der Waals surface area contributed by atoms with E-state index < -0.39 is 0 Å². The predicted octanol–water partition coefficient (Wildman–Crippen LogP) is 5.05. The summed E-state index contributed by atoms with van der Waals surface area (Å²) in [6, 6.07) is 22.8. The number of anilines is 2. The molecular formula is C26H25N3O3S. The van der Waals surface area contributed by atoms with Crippen molar-refractivity contribution in [2.75, 3.05) is 25.6 Å². The van der Waals surface area contributed by atoms with Gasteiger partial charge >= 0.3 is 0 Å². The summed E-state index contributed by atoms with van der Waals surface area (Å²) in [6.07, 6.45) is 1.89. The van der Waals surface area contributed by atoms with Gasteiger partial charge in [-0.1, -0.05) is 36.4 Å². The van der Waals surface area contributed by atoms with E-state index in [-0.39, 0.29) is 17.5 Å². The summed E-state index contributed by atoms with van der Waals surface area (Å²) in [5.74, 6) is -0.0266. The summed E-state index contributed by atoms with van der Waals surface area (Å²) in [4.78, 5) is 30.0. The molecule has 1 aliphatic heterocycles. The fourth-order valence-electron chi connectivity index (χ4n) is 4.44. The maximum atomic E-state index is 13.8. The minimum atomic E-state index is -0.126. The lowest BCUT2D eigenvalue weighted by molar-refractivity contribution is 0.0636. The first kappa shape index (κ1) is 21.4. The molecule has 168 valence electrons. The highest BCUT2D eigenvalue weighted by molar-refractivity contribution is 7.21. The van der Waals surface area contributed by atoms with Crippen molar-refractivity contribution in [2.24, 2.45) is 0 Å². The summed E-state index contributed by atoms with van der Waals surface area (Å²) in [5, 5.41) is 4.31. The number of ether oxygens (including phenoxy) is 1. The van der Waals surface area contributed by atoms with Crippen molar-refractivity contribution in [3.05, 3.63) is 88.0 Å². The second-order valence-corrected chi connectivity index (χ2v) is 9.11. The highest BCUT2D eigenvalue weighted by Gasteiger charge is 2.32. The highest BCUT2D eigenvalue weighted by Crippen LogP contribution is 2.39. The first-order chi connectivity index (χ1) is 16.2. The number of aromatic nitrogens is 1. The number of amides is 1. The summed E-state index contributed by atoms with van der Waals surface area (Å²) in [7, 11) is 1.67. The molecule has 0 bridgehead atoms. The molecule has 7 heteroatoms. The van der Waals surface area contributed by atoms with Crippen molar-refractivity contribution in [3.63, 3.8) is 0 Å². The Hall–Kier alpha value is -3.42. The zero-order valence-corrected chi connectivity index (χ0v) is 19.2. The Morgan fingerprint density at radius 3 is 2.52 bits per heavy atom. The Balaban J connectivity index is 1.69. The van der Waals surface area contributed by atoms with Gasteiger partial charge in [-0.3, -0.25) is 14.2 Å². The number of para-hydroxylation sites is 2. The van der Waals surface area contributed by atoms with Crippen LogP contribution in [0.3, 0.4) is 0 Å². The number of hydrogen-bond donors (Lipinski definition) is 1. The predicted molar refractivity (Wildman–Crippen MR) is 133 cm³/mol. The van der Waals surface area contributed by atoms with Gasteiger partial charge in [0.25, 0.3) is 11.5 Å². The number of fused-ring (bicyclic) bond motifs is 1. The zero-order chi connectivity index (χ0) is 22.8. The van der Waals surface area contributed by atoms with Crippen molar-refractivity contribution in [1.29, 1.82) is 0 Å². The molecule has 0 saturated carbocycles. The van der Waals surface area contributed by atoms with Crippen LogP contribution in [0.15, 0.2) is 77.6 Å². The second kappa shape index (κ2) is 9.21. The Labute approximate surface area is 196 Å². The molecule has 5 rings (SSSR count). The molecule has 2 aromatic carbocycles. The number of hydrogen-bond acceptors (Lipinski definition) is 5.